The van der Waals surface area contributed by atoms with E-state index >= 15 is 0 Å². The number of hydrogen-bond acceptors (Lipinski definition) is 7. The summed E-state index contributed by atoms with van der Waals surface area (Å²) >= 11 is 0. The van der Waals surface area contributed by atoms with E-state index in [0.717, 1.165) is 7.11 Å². The maximum absolute atomic E-state index is 12.3. The van der Waals surface area contributed by atoms with Crippen LogP contribution in [0.1, 0.15) is 17.3 Å². The van der Waals surface area contributed by atoms with Gasteiger partial charge in [0, 0.05) is 6.07 Å². The summed E-state index contributed by atoms with van der Waals surface area (Å²) in [5, 5.41) is 10.8. The fourth-order valence-electron chi connectivity index (χ4n) is 1.29. The van der Waals surface area contributed by atoms with Crippen LogP contribution < -0.4 is 9.47 Å². The lowest BCUT2D eigenvalue weighted by molar-refractivity contribution is -0.386. The summed E-state index contributed by atoms with van der Waals surface area (Å²) in [6, 6.07) is 0.547. The van der Waals surface area contributed by atoms with Crippen LogP contribution in [-0.2, 0) is 4.74 Å². The van der Waals surface area contributed by atoms with Crippen molar-refractivity contribution in [1.82, 2.24) is 4.98 Å². The van der Waals surface area contributed by atoms with Gasteiger partial charge in [-0.2, -0.15) is 4.98 Å². The number of carbonyl (C=O) groups excluding carboxylic acids is 1. The third kappa shape index (κ3) is 4.19. The van der Waals surface area contributed by atoms with E-state index in [0.29, 0.717) is 6.07 Å². The molecule has 21 heavy (non-hydrogen) atoms. The fraction of sp³-hybridized carbons (Fsp3) is 0.400. The molecular formula is C10H9F3N2O6. The second-order valence-corrected chi connectivity index (χ2v) is 3.39. The summed E-state index contributed by atoms with van der Waals surface area (Å²) in [7, 11) is 0.969. The Hall–Kier alpha value is -2.59. The molecule has 116 valence electrons. The van der Waals surface area contributed by atoms with E-state index < -0.39 is 40.3 Å². The molecule has 1 rings (SSSR count). The first-order chi connectivity index (χ1) is 9.69. The van der Waals surface area contributed by atoms with Crippen molar-refractivity contribution in [2.24, 2.45) is 0 Å². The van der Waals surface area contributed by atoms with Crippen molar-refractivity contribution in [1.29, 1.82) is 0 Å². The molecule has 0 atom stereocenters. The molecule has 0 bridgehead atoms. The number of esters is 1. The summed E-state index contributed by atoms with van der Waals surface area (Å²) < 4.78 is 49.4. The van der Waals surface area contributed by atoms with Crippen LogP contribution in [0.3, 0.4) is 0 Å². The van der Waals surface area contributed by atoms with Gasteiger partial charge in [-0.1, -0.05) is 0 Å². The average Bonchev–Trinajstić information content (AvgIpc) is 2.36. The molecule has 0 aliphatic heterocycles. The van der Waals surface area contributed by atoms with Crippen molar-refractivity contribution in [2.75, 3.05) is 13.7 Å². The zero-order chi connectivity index (χ0) is 16.2. The van der Waals surface area contributed by atoms with Gasteiger partial charge in [0.25, 0.3) is 5.88 Å². The quantitative estimate of drug-likeness (QED) is 0.466. The van der Waals surface area contributed by atoms with Crippen molar-refractivity contribution in [3.63, 3.8) is 0 Å². The number of halogens is 3. The maximum Gasteiger partial charge on any atom is 0.574 e. The van der Waals surface area contributed by atoms with Crippen molar-refractivity contribution < 1.29 is 37.1 Å². The predicted molar refractivity (Wildman–Crippen MR) is 60.1 cm³/mol. The highest BCUT2D eigenvalue weighted by atomic mass is 19.4. The van der Waals surface area contributed by atoms with E-state index in [1.54, 1.807) is 0 Å². The Morgan fingerprint density at radius 3 is 2.48 bits per heavy atom. The first-order valence-electron chi connectivity index (χ1n) is 5.35. The van der Waals surface area contributed by atoms with E-state index in [4.69, 9.17) is 0 Å². The van der Waals surface area contributed by atoms with Crippen molar-refractivity contribution in [3.05, 3.63) is 21.7 Å². The van der Waals surface area contributed by atoms with E-state index in [-0.39, 0.29) is 6.61 Å². The van der Waals surface area contributed by atoms with Gasteiger partial charge in [0.15, 0.2) is 0 Å². The van der Waals surface area contributed by atoms with Crippen LogP contribution in [0.4, 0.5) is 18.9 Å². The molecule has 0 saturated carbocycles. The van der Waals surface area contributed by atoms with Gasteiger partial charge in [-0.05, 0) is 6.92 Å². The van der Waals surface area contributed by atoms with Crippen LogP contribution in [0, 0.1) is 10.1 Å². The minimum atomic E-state index is -5.14. The third-order valence-electron chi connectivity index (χ3n) is 2.03. The van der Waals surface area contributed by atoms with Crippen LogP contribution in [0.5, 0.6) is 11.8 Å². The molecular weight excluding hydrogens is 301 g/mol. The lowest BCUT2D eigenvalue weighted by Crippen LogP contribution is -2.21. The number of pyridine rings is 1. The number of alkyl halides is 3. The molecule has 0 aliphatic carbocycles. The molecule has 11 heteroatoms. The maximum atomic E-state index is 12.3. The Bertz CT molecular complexity index is 560. The highest BCUT2D eigenvalue weighted by Crippen LogP contribution is 2.33. The Labute approximate surface area is 115 Å². The van der Waals surface area contributed by atoms with E-state index in [1.807, 2.05) is 0 Å². The fourth-order valence-corrected chi connectivity index (χ4v) is 1.29. The molecule has 0 fully saturated rings. The van der Waals surface area contributed by atoms with Gasteiger partial charge in [0.1, 0.15) is 5.56 Å². The number of ether oxygens (including phenoxy) is 3. The summed E-state index contributed by atoms with van der Waals surface area (Å²) in [5.41, 5.74) is -1.63. The Balaban J connectivity index is 3.44. The van der Waals surface area contributed by atoms with Crippen LogP contribution in [0.2, 0.25) is 0 Å². The minimum absolute atomic E-state index is 0.149. The smallest absolute Gasteiger partial charge is 0.476 e. The van der Waals surface area contributed by atoms with Gasteiger partial charge >= 0.3 is 18.0 Å². The number of rotatable bonds is 5. The zero-order valence-corrected chi connectivity index (χ0v) is 10.8. The normalized spacial score (nSPS) is 10.9. The summed E-state index contributed by atoms with van der Waals surface area (Å²) in [6.07, 6.45) is -5.14. The van der Waals surface area contributed by atoms with Gasteiger partial charge in [0.05, 0.1) is 18.6 Å². The lowest BCUT2D eigenvalue weighted by atomic mass is 10.2. The molecule has 0 N–H and O–H groups in total. The van der Waals surface area contributed by atoms with E-state index in [9.17, 15) is 28.1 Å². The molecule has 1 aromatic rings. The molecule has 0 aliphatic rings. The van der Waals surface area contributed by atoms with Gasteiger partial charge < -0.3 is 14.2 Å². The monoisotopic (exact) mass is 310 g/mol. The van der Waals surface area contributed by atoms with Crippen molar-refractivity contribution in [2.45, 2.75) is 13.3 Å². The molecule has 0 unspecified atom stereocenters. The molecule has 0 aromatic carbocycles. The van der Waals surface area contributed by atoms with Crippen LogP contribution >= 0.6 is 0 Å². The number of nitro groups is 1. The van der Waals surface area contributed by atoms with E-state index in [1.165, 1.54) is 6.92 Å². The highest BCUT2D eigenvalue weighted by Gasteiger charge is 2.36. The lowest BCUT2D eigenvalue weighted by Gasteiger charge is -2.12. The second kappa shape index (κ2) is 6.24. The Morgan fingerprint density at radius 2 is 2.05 bits per heavy atom. The largest absolute Gasteiger partial charge is 0.574 e. The van der Waals surface area contributed by atoms with Gasteiger partial charge in [0.2, 0.25) is 5.88 Å². The number of aromatic nitrogens is 1. The summed E-state index contributed by atoms with van der Waals surface area (Å²) in [5.74, 6) is -3.16. The molecule has 0 radical (unpaired) electrons. The van der Waals surface area contributed by atoms with Gasteiger partial charge in [-0.3, -0.25) is 10.1 Å². The van der Waals surface area contributed by atoms with E-state index in [2.05, 4.69) is 19.2 Å². The second-order valence-electron chi connectivity index (χ2n) is 3.39. The summed E-state index contributed by atoms with van der Waals surface area (Å²) in [4.78, 5) is 24.6. The number of hydrogen-bond donors (Lipinski definition) is 0. The third-order valence-corrected chi connectivity index (χ3v) is 2.03. The van der Waals surface area contributed by atoms with Crippen LogP contribution in [-0.4, -0.2) is 36.0 Å². The van der Waals surface area contributed by atoms with Crippen molar-refractivity contribution in [3.8, 4) is 11.8 Å². The molecule has 0 saturated heterocycles. The number of carbonyl (C=O) groups is 1. The molecule has 1 aromatic heterocycles. The predicted octanol–water partition coefficient (Wildman–Crippen LogP) is 2.07. The molecule has 8 nitrogen and oxygen atoms in total. The number of methoxy groups -OCH3 is 1. The summed E-state index contributed by atoms with van der Waals surface area (Å²) in [6.45, 7) is 1.26. The van der Waals surface area contributed by atoms with Gasteiger partial charge in [-0.15, -0.1) is 13.2 Å². The minimum Gasteiger partial charge on any atom is -0.476 e. The van der Waals surface area contributed by atoms with Gasteiger partial charge in [-0.25, -0.2) is 4.79 Å². The standard InChI is InChI=1S/C10H9F3N2O6/c1-3-20-9(16)5-4-6(15(17)18)8(19-2)14-7(5)21-10(11,12)13/h4H,3H2,1-2H3. The SMILES string of the molecule is CCOC(=O)c1cc([N+](=O)[O-])c(OC)nc1OC(F)(F)F. The first-order valence-corrected chi connectivity index (χ1v) is 5.35. The molecule has 1 heterocycles. The molecule has 0 spiro atoms. The Morgan fingerprint density at radius 1 is 1.43 bits per heavy atom. The van der Waals surface area contributed by atoms with Crippen LogP contribution in [0.25, 0.3) is 0 Å². The average molecular weight is 310 g/mol. The Kier molecular flexibility index (Phi) is 4.89. The molecule has 0 amide bonds. The highest BCUT2D eigenvalue weighted by molar-refractivity contribution is 5.93. The first kappa shape index (κ1) is 16.5. The van der Waals surface area contributed by atoms with Crippen LogP contribution in [0.15, 0.2) is 6.07 Å². The zero-order valence-electron chi connectivity index (χ0n) is 10.8. The number of nitrogens with zero attached hydrogens (tertiary/aromatic N) is 2. The van der Waals surface area contributed by atoms with Crippen molar-refractivity contribution >= 4 is 11.7 Å². The topological polar surface area (TPSA) is 101 Å².